The van der Waals surface area contributed by atoms with Crippen molar-refractivity contribution < 1.29 is 22.7 Å². The third-order valence-corrected chi connectivity index (χ3v) is 4.97. The summed E-state index contributed by atoms with van der Waals surface area (Å²) in [6, 6.07) is 11.8. The number of amides is 2. The molecule has 7 nitrogen and oxygen atoms in total. The summed E-state index contributed by atoms with van der Waals surface area (Å²) >= 11 is 0. The van der Waals surface area contributed by atoms with Crippen LogP contribution >= 0.6 is 0 Å². The first kappa shape index (κ1) is 18.5. The first-order valence-electron chi connectivity index (χ1n) is 7.55. The van der Waals surface area contributed by atoms with Crippen molar-refractivity contribution >= 4 is 27.7 Å². The van der Waals surface area contributed by atoms with E-state index in [2.05, 4.69) is 0 Å². The lowest BCUT2D eigenvalue weighted by atomic mass is 10.2. The number of hydrogen-bond donors (Lipinski definition) is 1. The van der Waals surface area contributed by atoms with Crippen LogP contribution in [0, 0.1) is 0 Å². The van der Waals surface area contributed by atoms with Gasteiger partial charge in [0, 0.05) is 0 Å². The summed E-state index contributed by atoms with van der Waals surface area (Å²) in [7, 11) is -4.21. The molecule has 2 aromatic rings. The van der Waals surface area contributed by atoms with Crippen molar-refractivity contribution in [1.82, 2.24) is 0 Å². The molecule has 0 aliphatic carbocycles. The molecule has 8 heteroatoms. The average Bonchev–Trinajstić information content (AvgIpc) is 2.60. The van der Waals surface area contributed by atoms with Crippen LogP contribution in [-0.2, 0) is 14.8 Å². The maximum absolute atomic E-state index is 12.7. The number of carbonyl (C=O) groups is 2. The Kier molecular flexibility index (Phi) is 5.76. The molecule has 0 saturated heterocycles. The summed E-state index contributed by atoms with van der Waals surface area (Å²) in [5.74, 6) is -0.606. The highest BCUT2D eigenvalue weighted by molar-refractivity contribution is 7.93. The van der Waals surface area contributed by atoms with Crippen molar-refractivity contribution in [3.63, 3.8) is 0 Å². The zero-order valence-electron chi connectivity index (χ0n) is 13.6. The minimum absolute atomic E-state index is 0.0395. The SMILES string of the molecule is CCCOC(=O)c1cccc(N(C(N)=O)S(=O)(=O)c2ccccc2)c1. The fourth-order valence-corrected chi connectivity index (χ4v) is 3.46. The Balaban J connectivity index is 2.45. The summed E-state index contributed by atoms with van der Waals surface area (Å²) in [4.78, 5) is 23.7. The van der Waals surface area contributed by atoms with E-state index in [0.29, 0.717) is 10.7 Å². The van der Waals surface area contributed by atoms with E-state index in [0.717, 1.165) is 0 Å². The van der Waals surface area contributed by atoms with Crippen LogP contribution < -0.4 is 10.0 Å². The van der Waals surface area contributed by atoms with E-state index in [1.165, 1.54) is 48.5 Å². The van der Waals surface area contributed by atoms with E-state index < -0.39 is 22.0 Å². The molecule has 0 heterocycles. The second kappa shape index (κ2) is 7.80. The first-order chi connectivity index (χ1) is 11.9. The van der Waals surface area contributed by atoms with Crippen LogP contribution in [0.1, 0.15) is 23.7 Å². The van der Waals surface area contributed by atoms with Gasteiger partial charge in [0.2, 0.25) is 0 Å². The van der Waals surface area contributed by atoms with Gasteiger partial charge in [0.05, 0.1) is 22.8 Å². The topological polar surface area (TPSA) is 107 Å². The zero-order valence-corrected chi connectivity index (χ0v) is 14.4. The predicted octanol–water partition coefficient (Wildman–Crippen LogP) is 2.53. The van der Waals surface area contributed by atoms with Crippen molar-refractivity contribution in [2.75, 3.05) is 10.9 Å². The standard InChI is InChI=1S/C17H18N2O5S/c1-2-11-24-16(20)13-7-6-8-14(12-13)19(17(18)21)25(22,23)15-9-4-3-5-10-15/h3-10,12H,2,11H2,1H3,(H2,18,21). The molecule has 0 bridgehead atoms. The molecule has 0 radical (unpaired) electrons. The number of nitrogens with two attached hydrogens (primary N) is 1. The molecule has 2 N–H and O–H groups in total. The van der Waals surface area contributed by atoms with Gasteiger partial charge in [-0.05, 0) is 36.8 Å². The lowest BCUT2D eigenvalue weighted by molar-refractivity contribution is 0.0505. The number of primary amides is 1. The zero-order chi connectivity index (χ0) is 18.4. The van der Waals surface area contributed by atoms with Crippen LogP contribution in [0.15, 0.2) is 59.5 Å². The fraction of sp³-hybridized carbons (Fsp3) is 0.176. The molecule has 0 saturated carbocycles. The third-order valence-electron chi connectivity index (χ3n) is 3.24. The Morgan fingerprint density at radius 3 is 2.36 bits per heavy atom. The molecule has 0 spiro atoms. The van der Waals surface area contributed by atoms with Gasteiger partial charge in [-0.15, -0.1) is 0 Å². The van der Waals surface area contributed by atoms with Crippen LogP contribution in [0.3, 0.4) is 0 Å². The molecule has 0 unspecified atom stereocenters. The van der Waals surface area contributed by atoms with Crippen molar-refractivity contribution in [2.24, 2.45) is 5.73 Å². The van der Waals surface area contributed by atoms with Crippen molar-refractivity contribution in [3.8, 4) is 0 Å². The fourth-order valence-electron chi connectivity index (χ4n) is 2.12. The van der Waals surface area contributed by atoms with Gasteiger partial charge >= 0.3 is 12.0 Å². The minimum Gasteiger partial charge on any atom is -0.462 e. The van der Waals surface area contributed by atoms with Gasteiger partial charge in [0.15, 0.2) is 0 Å². The highest BCUT2D eigenvalue weighted by Crippen LogP contribution is 2.24. The Morgan fingerprint density at radius 2 is 1.76 bits per heavy atom. The number of ether oxygens (including phenoxy) is 1. The normalized spacial score (nSPS) is 10.9. The van der Waals surface area contributed by atoms with Gasteiger partial charge in [-0.25, -0.2) is 18.0 Å². The van der Waals surface area contributed by atoms with E-state index in [1.54, 1.807) is 6.07 Å². The summed E-state index contributed by atoms with van der Waals surface area (Å²) in [5.41, 5.74) is 5.38. The largest absolute Gasteiger partial charge is 0.462 e. The van der Waals surface area contributed by atoms with Gasteiger partial charge in [0.1, 0.15) is 0 Å². The molecule has 0 atom stereocenters. The lowest BCUT2D eigenvalue weighted by Gasteiger charge is -2.20. The third kappa shape index (κ3) is 4.16. The maximum Gasteiger partial charge on any atom is 0.338 e. The lowest BCUT2D eigenvalue weighted by Crippen LogP contribution is -2.40. The van der Waals surface area contributed by atoms with Gasteiger partial charge in [0.25, 0.3) is 10.0 Å². The molecule has 25 heavy (non-hydrogen) atoms. The second-order valence-corrected chi connectivity index (χ2v) is 6.89. The number of esters is 1. The van der Waals surface area contributed by atoms with Crippen molar-refractivity contribution in [2.45, 2.75) is 18.2 Å². The number of anilines is 1. The summed E-state index contributed by atoms with van der Waals surface area (Å²) in [6.45, 7) is 2.09. The molecule has 0 aromatic heterocycles. The van der Waals surface area contributed by atoms with E-state index in [4.69, 9.17) is 10.5 Å². The van der Waals surface area contributed by atoms with Crippen molar-refractivity contribution in [3.05, 3.63) is 60.2 Å². The van der Waals surface area contributed by atoms with Gasteiger partial charge < -0.3 is 10.5 Å². The molecule has 2 aromatic carbocycles. The highest BCUT2D eigenvalue weighted by atomic mass is 32.2. The second-order valence-electron chi connectivity index (χ2n) is 5.11. The van der Waals surface area contributed by atoms with Crippen LogP contribution in [0.25, 0.3) is 0 Å². The average molecular weight is 362 g/mol. The number of urea groups is 1. The molecule has 0 aliphatic heterocycles. The summed E-state index contributed by atoms with van der Waals surface area (Å²) in [5, 5.41) is 0. The monoisotopic (exact) mass is 362 g/mol. The number of nitrogens with zero attached hydrogens (tertiary/aromatic N) is 1. The summed E-state index contributed by atoms with van der Waals surface area (Å²) < 4.78 is 30.9. The van der Waals surface area contributed by atoms with Gasteiger partial charge in [-0.1, -0.05) is 31.2 Å². The van der Waals surface area contributed by atoms with Crippen LogP contribution in [0.2, 0.25) is 0 Å². The minimum atomic E-state index is -4.21. The van der Waals surface area contributed by atoms with Crippen molar-refractivity contribution in [1.29, 1.82) is 0 Å². The number of hydrogen-bond acceptors (Lipinski definition) is 5. The Labute approximate surface area is 146 Å². The quantitative estimate of drug-likeness (QED) is 0.795. The number of rotatable bonds is 6. The van der Waals surface area contributed by atoms with Crippen LogP contribution in [-0.4, -0.2) is 27.0 Å². The molecule has 132 valence electrons. The molecule has 2 amide bonds. The van der Waals surface area contributed by atoms with Crippen LogP contribution in [0.4, 0.5) is 10.5 Å². The van der Waals surface area contributed by atoms with Gasteiger partial charge in [-0.2, -0.15) is 4.31 Å². The maximum atomic E-state index is 12.7. The summed E-state index contributed by atoms with van der Waals surface area (Å²) in [6.07, 6.45) is 0.654. The Morgan fingerprint density at radius 1 is 1.08 bits per heavy atom. The van der Waals surface area contributed by atoms with E-state index in [-0.39, 0.29) is 22.8 Å². The van der Waals surface area contributed by atoms with E-state index in [9.17, 15) is 18.0 Å². The van der Waals surface area contributed by atoms with Gasteiger partial charge in [-0.3, -0.25) is 0 Å². The molecule has 2 rings (SSSR count). The Hall–Kier alpha value is -2.87. The molecule has 0 fully saturated rings. The molecular weight excluding hydrogens is 344 g/mol. The Bertz CT molecular complexity index is 866. The van der Waals surface area contributed by atoms with E-state index in [1.807, 2.05) is 6.92 Å². The smallest absolute Gasteiger partial charge is 0.338 e. The number of sulfonamides is 1. The van der Waals surface area contributed by atoms with Crippen LogP contribution in [0.5, 0.6) is 0 Å². The molecule has 0 aliphatic rings. The van der Waals surface area contributed by atoms with E-state index >= 15 is 0 Å². The molecular formula is C17H18N2O5S. The number of carbonyl (C=O) groups excluding carboxylic acids is 2. The first-order valence-corrected chi connectivity index (χ1v) is 8.99. The predicted molar refractivity (Wildman–Crippen MR) is 92.7 cm³/mol. The number of benzene rings is 2. The highest BCUT2D eigenvalue weighted by Gasteiger charge is 2.29.